The van der Waals surface area contributed by atoms with Gasteiger partial charge in [-0.25, -0.2) is 0 Å². The van der Waals surface area contributed by atoms with E-state index in [1.165, 1.54) is 0 Å². The second-order valence-electron chi connectivity index (χ2n) is 5.91. The molecule has 158 valence electrons. The second-order valence-corrected chi connectivity index (χ2v) is 7.49. The summed E-state index contributed by atoms with van der Waals surface area (Å²) in [6, 6.07) is 13.6. The molecule has 0 aliphatic rings. The van der Waals surface area contributed by atoms with Gasteiger partial charge in [-0.2, -0.15) is 0 Å². The van der Waals surface area contributed by atoms with E-state index in [4.69, 9.17) is 13.3 Å². The molecule has 0 amide bonds. The summed E-state index contributed by atoms with van der Waals surface area (Å²) in [5.41, 5.74) is 4.48. The highest BCUT2D eigenvalue weighted by Gasteiger charge is 2.12. The summed E-state index contributed by atoms with van der Waals surface area (Å²) in [4.78, 5) is 13.3. The lowest BCUT2D eigenvalue weighted by molar-refractivity contribution is 0.107. The fourth-order valence-electron chi connectivity index (χ4n) is 2.66. The molecule has 0 aliphatic heterocycles. The predicted octanol–water partition coefficient (Wildman–Crippen LogP) is 4.66. The van der Waals surface area contributed by atoms with Gasteiger partial charge >= 0.3 is 9.53 Å². The van der Waals surface area contributed by atoms with Gasteiger partial charge in [0.05, 0.1) is 17.1 Å². The largest absolute Gasteiger partial charge is 0.484 e. The second kappa shape index (κ2) is 13.5. The zero-order chi connectivity index (χ0) is 21.6. The molecular formula is C23H29N3O3Si. The molecule has 30 heavy (non-hydrogen) atoms. The molecule has 0 spiro atoms. The highest BCUT2D eigenvalue weighted by Crippen LogP contribution is 2.29. The van der Waals surface area contributed by atoms with E-state index in [9.17, 15) is 0 Å². The van der Waals surface area contributed by atoms with Crippen molar-refractivity contribution < 1.29 is 13.3 Å². The van der Waals surface area contributed by atoms with Gasteiger partial charge in [0.2, 0.25) is 0 Å². The molecule has 0 unspecified atom stereocenters. The van der Waals surface area contributed by atoms with Gasteiger partial charge in [-0.3, -0.25) is 15.0 Å². The minimum absolute atomic E-state index is 0.677. The van der Waals surface area contributed by atoms with E-state index in [-0.39, 0.29) is 0 Å². The molecule has 0 saturated carbocycles. The van der Waals surface area contributed by atoms with E-state index in [1.54, 1.807) is 24.7 Å². The maximum atomic E-state index is 5.22. The molecule has 7 heteroatoms. The van der Waals surface area contributed by atoms with E-state index in [0.29, 0.717) is 19.8 Å². The average molecular weight is 424 g/mol. The van der Waals surface area contributed by atoms with E-state index >= 15 is 0 Å². The first-order valence-electron chi connectivity index (χ1n) is 10.0. The Kier molecular flexibility index (Phi) is 10.6. The van der Waals surface area contributed by atoms with Crippen molar-refractivity contribution in [3.05, 3.63) is 73.2 Å². The van der Waals surface area contributed by atoms with Crippen LogP contribution in [0.5, 0.6) is 0 Å². The predicted molar refractivity (Wildman–Crippen MR) is 123 cm³/mol. The van der Waals surface area contributed by atoms with Crippen LogP contribution < -0.4 is 0 Å². The fourth-order valence-corrected chi connectivity index (χ4v) is 3.77. The lowest BCUT2D eigenvalue weighted by Crippen LogP contribution is -2.27. The number of aromatic nitrogens is 3. The van der Waals surface area contributed by atoms with Crippen LogP contribution in [0.2, 0.25) is 0 Å². The van der Waals surface area contributed by atoms with Crippen LogP contribution >= 0.6 is 0 Å². The van der Waals surface area contributed by atoms with Gasteiger partial charge in [0, 0.05) is 49.5 Å². The van der Waals surface area contributed by atoms with E-state index < -0.39 is 9.53 Å². The molecule has 0 N–H and O–H groups in total. The average Bonchev–Trinajstić information content (AvgIpc) is 2.80. The van der Waals surface area contributed by atoms with Crippen LogP contribution in [0.15, 0.2) is 67.6 Å². The molecule has 3 rings (SSSR count). The highest BCUT2D eigenvalue weighted by atomic mass is 28.3. The minimum Gasteiger partial charge on any atom is -0.376 e. The Balaban J connectivity index is 0.000000274. The first-order chi connectivity index (χ1) is 14.7. The maximum absolute atomic E-state index is 5.22. The number of rotatable bonds is 9. The molecule has 0 fully saturated rings. The Hall–Kier alpha value is -2.71. The van der Waals surface area contributed by atoms with Crippen LogP contribution in [0.4, 0.5) is 0 Å². The topological polar surface area (TPSA) is 66.4 Å². The quantitative estimate of drug-likeness (QED) is 0.466. The number of nitrogens with zero attached hydrogens (tertiary/aromatic N) is 3. The summed E-state index contributed by atoms with van der Waals surface area (Å²) < 4.78 is 15.7. The van der Waals surface area contributed by atoms with Crippen molar-refractivity contribution in [2.45, 2.75) is 20.8 Å². The molecule has 0 radical (unpaired) electrons. The third-order valence-electron chi connectivity index (χ3n) is 3.94. The fraction of sp³-hybridized carbons (Fsp3) is 0.261. The van der Waals surface area contributed by atoms with Gasteiger partial charge < -0.3 is 13.3 Å². The Labute approximate surface area is 180 Å². The van der Waals surface area contributed by atoms with E-state index in [1.807, 2.05) is 63.2 Å². The third kappa shape index (κ3) is 6.96. The Morgan fingerprint density at radius 2 is 1.37 bits per heavy atom. The molecule has 3 aromatic rings. The molecule has 0 aliphatic carbocycles. The first kappa shape index (κ1) is 23.6. The lowest BCUT2D eigenvalue weighted by Gasteiger charge is -2.12. The lowest BCUT2D eigenvalue weighted by atomic mass is 10.0. The van der Waals surface area contributed by atoms with Crippen molar-refractivity contribution >= 4 is 15.6 Å². The van der Waals surface area contributed by atoms with Gasteiger partial charge in [0.1, 0.15) is 0 Å². The molecule has 0 aromatic carbocycles. The van der Waals surface area contributed by atoms with Crippen LogP contribution in [-0.4, -0.2) is 44.3 Å². The van der Waals surface area contributed by atoms with Crippen molar-refractivity contribution in [1.29, 1.82) is 0 Å². The summed E-state index contributed by atoms with van der Waals surface area (Å²) >= 11 is 0. The van der Waals surface area contributed by atoms with Gasteiger partial charge in [0.15, 0.2) is 0 Å². The number of hydrogen-bond acceptors (Lipinski definition) is 6. The first-order valence-corrected chi connectivity index (χ1v) is 11.5. The Morgan fingerprint density at radius 3 is 1.93 bits per heavy atom. The highest BCUT2D eigenvalue weighted by molar-refractivity contribution is 6.36. The molecule has 0 atom stereocenters. The Morgan fingerprint density at radius 1 is 0.767 bits per heavy atom. The minimum atomic E-state index is -1.73. The Bertz CT molecular complexity index is 879. The van der Waals surface area contributed by atoms with E-state index in [0.717, 1.165) is 28.2 Å². The molecule has 6 nitrogen and oxygen atoms in total. The van der Waals surface area contributed by atoms with Gasteiger partial charge in [-0.1, -0.05) is 24.8 Å². The zero-order valence-corrected chi connectivity index (χ0v) is 19.0. The zero-order valence-electron chi connectivity index (χ0n) is 17.8. The smallest absolute Gasteiger partial charge is 0.376 e. The van der Waals surface area contributed by atoms with E-state index in [2.05, 4.69) is 21.5 Å². The van der Waals surface area contributed by atoms with Gasteiger partial charge in [-0.05, 0) is 51.1 Å². The normalized spacial score (nSPS) is 10.4. The van der Waals surface area contributed by atoms with Crippen molar-refractivity contribution in [2.75, 3.05) is 19.8 Å². The summed E-state index contributed by atoms with van der Waals surface area (Å²) in [5.74, 6) is 0. The van der Waals surface area contributed by atoms with Crippen molar-refractivity contribution in [3.8, 4) is 22.6 Å². The van der Waals surface area contributed by atoms with Gasteiger partial charge in [0.25, 0.3) is 0 Å². The number of hydrogen-bond donors (Lipinski definition) is 0. The third-order valence-corrected chi connectivity index (χ3v) is 5.75. The standard InChI is InChI=1S/C17H13N3.C6H16O3Si/c1-2-13-7-5-11-19-16(13)14-8-6-12-20-17(14)15-9-3-4-10-18-15;1-4-7-10(8-5-2)9-6-3/h2-12H,1H2;10H,4-6H2,1-3H3. The summed E-state index contributed by atoms with van der Waals surface area (Å²) in [6.07, 6.45) is 7.11. The van der Waals surface area contributed by atoms with Crippen LogP contribution in [0.25, 0.3) is 28.7 Å². The number of pyridine rings is 3. The summed E-state index contributed by atoms with van der Waals surface area (Å²) in [5, 5.41) is 0. The maximum Gasteiger partial charge on any atom is 0.484 e. The summed E-state index contributed by atoms with van der Waals surface area (Å²) in [7, 11) is -1.73. The molecule has 0 saturated heterocycles. The molecular weight excluding hydrogens is 394 g/mol. The van der Waals surface area contributed by atoms with Crippen LogP contribution in [0.1, 0.15) is 26.3 Å². The van der Waals surface area contributed by atoms with Crippen LogP contribution in [-0.2, 0) is 13.3 Å². The van der Waals surface area contributed by atoms with Crippen LogP contribution in [0.3, 0.4) is 0 Å². The molecule has 0 bridgehead atoms. The SMILES string of the molecule is C=Cc1cccnc1-c1cccnc1-c1ccccn1.CCO[SiH](OCC)OCC. The monoisotopic (exact) mass is 423 g/mol. The van der Waals surface area contributed by atoms with Crippen molar-refractivity contribution in [3.63, 3.8) is 0 Å². The van der Waals surface area contributed by atoms with Crippen LogP contribution in [0, 0.1) is 0 Å². The van der Waals surface area contributed by atoms with Crippen molar-refractivity contribution in [2.24, 2.45) is 0 Å². The summed E-state index contributed by atoms with van der Waals surface area (Å²) in [6.45, 7) is 11.7. The molecule has 3 heterocycles. The molecule has 3 aromatic heterocycles. The van der Waals surface area contributed by atoms with Crippen molar-refractivity contribution in [1.82, 2.24) is 15.0 Å². The van der Waals surface area contributed by atoms with Gasteiger partial charge in [-0.15, -0.1) is 0 Å².